The minimum absolute atomic E-state index is 0.0646. The van der Waals surface area contributed by atoms with Crippen molar-refractivity contribution in [1.29, 1.82) is 0 Å². The first kappa shape index (κ1) is 28.8. The van der Waals surface area contributed by atoms with Crippen molar-refractivity contribution < 1.29 is 15.3 Å². The molecule has 4 heteroatoms. The van der Waals surface area contributed by atoms with Crippen LogP contribution < -0.4 is 5.32 Å². The Morgan fingerprint density at radius 1 is 0.833 bits per heavy atom. The Morgan fingerprint density at radius 2 is 1.56 bits per heavy atom. The zero-order valence-electron chi connectivity index (χ0n) is 24.1. The van der Waals surface area contributed by atoms with E-state index in [9.17, 15) is 15.3 Å². The summed E-state index contributed by atoms with van der Waals surface area (Å²) >= 11 is 0. The van der Waals surface area contributed by atoms with Crippen molar-refractivity contribution in [3.05, 3.63) is 0 Å². The minimum Gasteiger partial charge on any atom is -0.393 e. The van der Waals surface area contributed by atoms with Gasteiger partial charge in [-0.25, -0.2) is 0 Å². The van der Waals surface area contributed by atoms with Crippen LogP contribution in [0, 0.1) is 46.3 Å². The van der Waals surface area contributed by atoms with Crippen molar-refractivity contribution in [2.75, 3.05) is 13.1 Å². The van der Waals surface area contributed by atoms with Gasteiger partial charge in [0, 0.05) is 0 Å². The molecule has 4 nitrogen and oxygen atoms in total. The van der Waals surface area contributed by atoms with E-state index in [-0.39, 0.29) is 29.1 Å². The molecule has 0 saturated heterocycles. The lowest BCUT2D eigenvalue weighted by Gasteiger charge is -2.63. The van der Waals surface area contributed by atoms with E-state index >= 15 is 0 Å². The maximum atomic E-state index is 11.7. The summed E-state index contributed by atoms with van der Waals surface area (Å²) in [6, 6.07) is 0. The largest absolute Gasteiger partial charge is 0.393 e. The van der Waals surface area contributed by atoms with Gasteiger partial charge in [-0.05, 0) is 124 Å². The Kier molecular flexibility index (Phi) is 9.89. The number of hydrogen-bond acceptors (Lipinski definition) is 4. The number of aliphatic hydroxyl groups excluding tert-OH is 3. The molecule has 3 unspecified atom stereocenters. The molecule has 4 aliphatic rings. The number of hydrogen-bond donors (Lipinski definition) is 4. The monoisotopic (exact) mass is 505 g/mol. The molecular weight excluding hydrogens is 446 g/mol. The molecule has 0 aromatic rings. The summed E-state index contributed by atoms with van der Waals surface area (Å²) in [4.78, 5) is 0. The van der Waals surface area contributed by atoms with E-state index in [4.69, 9.17) is 0 Å². The van der Waals surface area contributed by atoms with E-state index < -0.39 is 0 Å². The summed E-state index contributed by atoms with van der Waals surface area (Å²) in [7, 11) is 0. The molecule has 11 atom stereocenters. The zero-order chi connectivity index (χ0) is 25.9. The second-order valence-corrected chi connectivity index (χ2v) is 14.2. The Bertz CT molecular complexity index is 686. The lowest BCUT2D eigenvalue weighted by atomic mass is 9.43. The summed E-state index contributed by atoms with van der Waals surface area (Å²) in [6.07, 6.45) is 16.7. The molecule has 36 heavy (non-hydrogen) atoms. The first-order valence-electron chi connectivity index (χ1n) is 16.0. The van der Waals surface area contributed by atoms with E-state index in [0.29, 0.717) is 35.5 Å². The average molecular weight is 506 g/mol. The zero-order valence-corrected chi connectivity index (χ0v) is 24.1. The fourth-order valence-electron chi connectivity index (χ4n) is 10.0. The number of unbranched alkanes of at least 4 members (excludes halogenated alkanes) is 5. The third-order valence-electron chi connectivity index (χ3n) is 12.2. The van der Waals surface area contributed by atoms with Gasteiger partial charge in [0.05, 0.1) is 18.3 Å². The molecular formula is C32H59NO3. The molecule has 0 heterocycles. The highest BCUT2D eigenvalue weighted by molar-refractivity contribution is 5.14. The number of nitrogens with one attached hydrogen (secondary N) is 1. The Hall–Kier alpha value is -0.160. The topological polar surface area (TPSA) is 72.7 Å². The molecule has 4 N–H and O–H groups in total. The van der Waals surface area contributed by atoms with Crippen molar-refractivity contribution in [1.82, 2.24) is 5.32 Å². The molecule has 4 aliphatic carbocycles. The smallest absolute Gasteiger partial charge is 0.0602 e. The van der Waals surface area contributed by atoms with Gasteiger partial charge in [-0.1, -0.05) is 59.8 Å². The summed E-state index contributed by atoms with van der Waals surface area (Å²) in [6.45, 7) is 11.8. The Balaban J connectivity index is 1.30. The fourth-order valence-corrected chi connectivity index (χ4v) is 10.0. The quantitative estimate of drug-likeness (QED) is 0.234. The van der Waals surface area contributed by atoms with Crippen molar-refractivity contribution in [2.45, 2.75) is 142 Å². The molecule has 4 saturated carbocycles. The third kappa shape index (κ3) is 5.58. The van der Waals surface area contributed by atoms with E-state index in [1.165, 1.54) is 64.2 Å². The molecule has 0 aromatic heterocycles. The second kappa shape index (κ2) is 12.3. The van der Waals surface area contributed by atoms with Gasteiger partial charge < -0.3 is 20.6 Å². The predicted molar refractivity (Wildman–Crippen MR) is 149 cm³/mol. The summed E-state index contributed by atoms with van der Waals surface area (Å²) < 4.78 is 0. The molecule has 0 spiro atoms. The average Bonchev–Trinajstić information content (AvgIpc) is 3.20. The van der Waals surface area contributed by atoms with Gasteiger partial charge in [-0.15, -0.1) is 0 Å². The van der Waals surface area contributed by atoms with Gasteiger partial charge >= 0.3 is 0 Å². The molecule has 0 amide bonds. The van der Waals surface area contributed by atoms with E-state index in [0.717, 1.165) is 45.2 Å². The van der Waals surface area contributed by atoms with Crippen LogP contribution in [-0.4, -0.2) is 46.7 Å². The van der Waals surface area contributed by atoms with Crippen LogP contribution in [-0.2, 0) is 0 Å². The van der Waals surface area contributed by atoms with E-state index in [1.807, 2.05) is 0 Å². The maximum Gasteiger partial charge on any atom is 0.0602 e. The van der Waals surface area contributed by atoms with Crippen LogP contribution in [0.25, 0.3) is 0 Å². The Morgan fingerprint density at radius 3 is 2.33 bits per heavy atom. The van der Waals surface area contributed by atoms with E-state index in [2.05, 4.69) is 33.0 Å². The van der Waals surface area contributed by atoms with Gasteiger partial charge in [0.25, 0.3) is 0 Å². The van der Waals surface area contributed by atoms with Crippen LogP contribution in [0.5, 0.6) is 0 Å². The molecule has 210 valence electrons. The second-order valence-electron chi connectivity index (χ2n) is 14.2. The van der Waals surface area contributed by atoms with Gasteiger partial charge in [0.15, 0.2) is 0 Å². The van der Waals surface area contributed by atoms with Gasteiger partial charge in [-0.2, -0.15) is 0 Å². The predicted octanol–water partition coefficient (Wildman–Crippen LogP) is 6.31. The van der Waals surface area contributed by atoms with Crippen LogP contribution in [0.15, 0.2) is 0 Å². The van der Waals surface area contributed by atoms with Crippen molar-refractivity contribution >= 4 is 0 Å². The molecule has 4 rings (SSSR count). The highest BCUT2D eigenvalue weighted by Gasteiger charge is 2.65. The highest BCUT2D eigenvalue weighted by Crippen LogP contribution is 2.68. The molecule has 0 radical (unpaired) electrons. The van der Waals surface area contributed by atoms with E-state index in [1.54, 1.807) is 0 Å². The summed E-state index contributed by atoms with van der Waals surface area (Å²) in [5, 5.41) is 37.2. The van der Waals surface area contributed by atoms with Crippen LogP contribution in [0.2, 0.25) is 0 Å². The molecule has 0 bridgehead atoms. The van der Waals surface area contributed by atoms with Gasteiger partial charge in [0.2, 0.25) is 0 Å². The maximum absolute atomic E-state index is 11.7. The van der Waals surface area contributed by atoms with Gasteiger partial charge in [-0.3, -0.25) is 0 Å². The molecule has 0 aromatic carbocycles. The fraction of sp³-hybridized carbons (Fsp3) is 1.00. The lowest BCUT2D eigenvalue weighted by molar-refractivity contribution is -0.207. The molecule has 4 fully saturated rings. The SMILES string of the molecule is CCCCCCCCNCCCC(C)[C@H]1CC[C@H]2C3C(O)C[C@@H]4C[C@H](O)CC[C@]4(C)[C@H]3C[C@H](O)[C@]12C. The highest BCUT2D eigenvalue weighted by atomic mass is 16.3. The van der Waals surface area contributed by atoms with Crippen molar-refractivity contribution in [3.63, 3.8) is 0 Å². The number of rotatable bonds is 12. The molecule has 0 aliphatic heterocycles. The van der Waals surface area contributed by atoms with Crippen LogP contribution in [0.3, 0.4) is 0 Å². The Labute approximate surface area is 222 Å². The van der Waals surface area contributed by atoms with Crippen LogP contribution >= 0.6 is 0 Å². The van der Waals surface area contributed by atoms with Crippen molar-refractivity contribution in [3.8, 4) is 0 Å². The van der Waals surface area contributed by atoms with Gasteiger partial charge in [0.1, 0.15) is 0 Å². The lowest BCUT2D eigenvalue weighted by Crippen LogP contribution is -2.62. The number of aliphatic hydroxyl groups is 3. The normalized spacial score (nSPS) is 45.1. The number of fused-ring (bicyclic) bond motifs is 5. The minimum atomic E-state index is -0.268. The summed E-state index contributed by atoms with van der Waals surface area (Å²) in [5.74, 6) is 2.73. The third-order valence-corrected chi connectivity index (χ3v) is 12.2. The van der Waals surface area contributed by atoms with Crippen LogP contribution in [0.1, 0.15) is 124 Å². The van der Waals surface area contributed by atoms with Crippen molar-refractivity contribution in [2.24, 2.45) is 46.3 Å². The standard InChI is InChI=1S/C32H59NO3/c1-5-6-7-8-9-10-17-33-18-11-12-22(2)25-13-14-26-30-27(21-29(36)32(25,26)4)31(3)16-15-24(34)19-23(31)20-28(30)35/h22-30,33-36H,5-21H2,1-4H3/t22?,23-,24+,25+,26-,27-,28?,29-,30?,31-,32+/m0/s1. The van der Waals surface area contributed by atoms with Crippen LogP contribution in [0.4, 0.5) is 0 Å². The first-order chi connectivity index (χ1) is 17.2. The summed E-state index contributed by atoms with van der Waals surface area (Å²) in [5.41, 5.74) is 0.0989. The first-order valence-corrected chi connectivity index (χ1v) is 16.0.